The number of aryl methyl sites for hydroxylation is 1. The van der Waals surface area contributed by atoms with Crippen molar-refractivity contribution in [3.8, 4) is 0 Å². The third kappa shape index (κ3) is 6.26. The number of imidazole rings is 1. The molecule has 4 rings (SSSR count). The molecule has 0 bridgehead atoms. The van der Waals surface area contributed by atoms with Crippen LogP contribution in [0.1, 0.15) is 32.2 Å². The predicted molar refractivity (Wildman–Crippen MR) is 153 cm³/mol. The minimum Gasteiger partial charge on any atom is -0.465 e. The van der Waals surface area contributed by atoms with Crippen molar-refractivity contribution in [2.45, 2.75) is 27.2 Å². The molecule has 0 atom stereocenters. The van der Waals surface area contributed by atoms with E-state index in [1.165, 1.54) is 17.4 Å². The summed E-state index contributed by atoms with van der Waals surface area (Å²) in [6, 6.07) is 3.80. The maximum atomic E-state index is 13.2. The number of piperazine rings is 1. The summed E-state index contributed by atoms with van der Waals surface area (Å²) in [6.45, 7) is 10.6. The number of hydrogen-bond acceptors (Lipinski definition) is 8. The number of hydrogen-bond donors (Lipinski definition) is 0. The third-order valence-corrected chi connectivity index (χ3v) is 7.32. The Balaban J connectivity index is 1.61. The van der Waals surface area contributed by atoms with Crippen LogP contribution >= 0.6 is 11.3 Å². The van der Waals surface area contributed by atoms with E-state index in [9.17, 15) is 14.0 Å². The molecule has 9 nitrogen and oxygen atoms in total. The number of thiazole rings is 1. The average Bonchev–Trinajstić information content (AvgIpc) is 3.53. The fourth-order valence-electron chi connectivity index (χ4n) is 4.49. The average molecular weight is 553 g/mol. The second kappa shape index (κ2) is 12.4. The molecule has 0 aliphatic carbocycles. The maximum Gasteiger partial charge on any atom is 0.320 e. The number of allylic oxidation sites excluding steroid dienone is 5. The minimum absolute atomic E-state index is 0.0805. The van der Waals surface area contributed by atoms with Gasteiger partial charge in [-0.2, -0.15) is 0 Å². The molecule has 3 aromatic heterocycles. The number of fused-ring (bicyclic) bond motifs is 1. The molecule has 3 aromatic rings. The molecule has 1 aliphatic heterocycles. The van der Waals surface area contributed by atoms with E-state index in [-0.39, 0.29) is 25.0 Å². The largest absolute Gasteiger partial charge is 0.465 e. The maximum absolute atomic E-state index is 13.2. The number of carbonyl (C=O) groups excluding carboxylic acids is 2. The van der Waals surface area contributed by atoms with E-state index in [4.69, 9.17) is 14.7 Å². The third-order valence-electron chi connectivity index (χ3n) is 6.40. The monoisotopic (exact) mass is 552 g/mol. The lowest BCUT2D eigenvalue weighted by Crippen LogP contribution is -2.51. The lowest BCUT2D eigenvalue weighted by atomic mass is 10.2. The molecule has 0 saturated carbocycles. The number of rotatable bonds is 10. The van der Waals surface area contributed by atoms with Gasteiger partial charge in [0, 0.05) is 31.7 Å². The normalized spacial score (nSPS) is 14.9. The number of halogens is 1. The first-order chi connectivity index (χ1) is 18.7. The van der Waals surface area contributed by atoms with E-state index in [1.807, 2.05) is 60.0 Å². The first-order valence-corrected chi connectivity index (χ1v) is 13.7. The number of aromatic nitrogens is 3. The number of amides is 1. The van der Waals surface area contributed by atoms with E-state index in [0.717, 1.165) is 39.2 Å². The Morgan fingerprint density at radius 3 is 2.72 bits per heavy atom. The number of pyridine rings is 1. The standard InChI is InChI=1S/C28H33FN6O3S/c1-6-20(10-9-19(4)29)23-18-39-28(31-23)32(5)27-22(7-2)30-24-12-11-21(15-35(24)27)34-14-13-33(16-25(34)36)17-26(37)38-8-3/h6,9-12,15,18H,4,7-8,13-14,16-17H2,1-3,5H3/b10-9-,20-6+. The lowest BCUT2D eigenvalue weighted by molar-refractivity contribution is -0.144. The second-order valence-electron chi connectivity index (χ2n) is 9.01. The zero-order valence-electron chi connectivity index (χ0n) is 22.7. The van der Waals surface area contributed by atoms with Gasteiger partial charge in [-0.1, -0.05) is 25.7 Å². The summed E-state index contributed by atoms with van der Waals surface area (Å²) >= 11 is 1.48. The van der Waals surface area contributed by atoms with Crippen molar-refractivity contribution < 1.29 is 18.7 Å². The van der Waals surface area contributed by atoms with Crippen LogP contribution in [0.5, 0.6) is 0 Å². The molecule has 1 amide bonds. The van der Waals surface area contributed by atoms with Crippen LogP contribution in [0.4, 0.5) is 21.0 Å². The first kappa shape index (κ1) is 28.2. The number of anilines is 3. The summed E-state index contributed by atoms with van der Waals surface area (Å²) in [4.78, 5) is 40.0. The SMILES string of the molecule is C=C(F)/C=C\C(=C/C)c1csc(N(C)c2c(CC)nc3ccc(N4CCN(CC(=O)OCC)CC4=O)cn23)n1. The van der Waals surface area contributed by atoms with Gasteiger partial charge in [-0.3, -0.25) is 18.9 Å². The summed E-state index contributed by atoms with van der Waals surface area (Å²) < 4.78 is 20.2. The van der Waals surface area contributed by atoms with E-state index in [0.29, 0.717) is 26.1 Å². The highest BCUT2D eigenvalue weighted by molar-refractivity contribution is 7.13. The molecule has 4 heterocycles. The summed E-state index contributed by atoms with van der Waals surface area (Å²) in [7, 11) is 1.94. The Morgan fingerprint density at radius 2 is 2.05 bits per heavy atom. The van der Waals surface area contributed by atoms with Crippen LogP contribution in [0.15, 0.2) is 54.3 Å². The minimum atomic E-state index is -0.519. The van der Waals surface area contributed by atoms with Crippen LogP contribution in [0.25, 0.3) is 11.2 Å². The smallest absolute Gasteiger partial charge is 0.320 e. The quantitative estimate of drug-likeness (QED) is 0.265. The molecule has 0 radical (unpaired) electrons. The van der Waals surface area contributed by atoms with Gasteiger partial charge in [0.2, 0.25) is 5.91 Å². The van der Waals surface area contributed by atoms with Crippen molar-refractivity contribution in [1.29, 1.82) is 0 Å². The van der Waals surface area contributed by atoms with Crippen LogP contribution in [0.3, 0.4) is 0 Å². The highest BCUT2D eigenvalue weighted by Gasteiger charge is 2.28. The Labute approximate surface area is 231 Å². The molecule has 1 saturated heterocycles. The lowest BCUT2D eigenvalue weighted by Gasteiger charge is -2.33. The van der Waals surface area contributed by atoms with Gasteiger partial charge in [0.05, 0.1) is 36.8 Å². The van der Waals surface area contributed by atoms with Crippen LogP contribution in [0.2, 0.25) is 0 Å². The van der Waals surface area contributed by atoms with Crippen LogP contribution in [-0.2, 0) is 20.7 Å². The number of carbonyl (C=O) groups is 2. The van der Waals surface area contributed by atoms with E-state index in [2.05, 4.69) is 6.58 Å². The van der Waals surface area contributed by atoms with Crippen molar-refractivity contribution in [2.24, 2.45) is 0 Å². The molecule has 1 aliphatic rings. The van der Waals surface area contributed by atoms with Gasteiger partial charge in [-0.25, -0.2) is 14.4 Å². The van der Waals surface area contributed by atoms with Crippen molar-refractivity contribution in [1.82, 2.24) is 19.3 Å². The fourth-order valence-corrected chi connectivity index (χ4v) is 5.29. The molecule has 11 heteroatoms. The Hall–Kier alpha value is -3.83. The first-order valence-electron chi connectivity index (χ1n) is 12.8. The summed E-state index contributed by atoms with van der Waals surface area (Å²) in [5.41, 5.74) is 3.95. The molecule has 1 fully saturated rings. The molecule has 0 aromatic carbocycles. The molecular weight excluding hydrogens is 519 g/mol. The van der Waals surface area contributed by atoms with E-state index in [1.54, 1.807) is 22.8 Å². The van der Waals surface area contributed by atoms with Gasteiger partial charge in [0.25, 0.3) is 0 Å². The number of esters is 1. The Bertz CT molecular complexity index is 1440. The Kier molecular flexibility index (Phi) is 8.93. The molecule has 39 heavy (non-hydrogen) atoms. The fraction of sp³-hybridized carbons (Fsp3) is 0.357. The zero-order chi connectivity index (χ0) is 28.1. The summed E-state index contributed by atoms with van der Waals surface area (Å²) in [6.07, 6.45) is 7.48. The van der Waals surface area contributed by atoms with Crippen LogP contribution in [-0.4, -0.2) is 71.0 Å². The van der Waals surface area contributed by atoms with Crippen molar-refractivity contribution >= 4 is 51.1 Å². The van der Waals surface area contributed by atoms with Gasteiger partial charge in [-0.15, -0.1) is 11.3 Å². The zero-order valence-corrected chi connectivity index (χ0v) is 23.5. The topological polar surface area (TPSA) is 83.3 Å². The summed E-state index contributed by atoms with van der Waals surface area (Å²) in [5, 5.41) is 2.68. The van der Waals surface area contributed by atoms with Crippen LogP contribution in [0, 0.1) is 0 Å². The van der Waals surface area contributed by atoms with Gasteiger partial charge in [-0.05, 0) is 44.1 Å². The molecule has 0 spiro atoms. The number of nitrogens with zero attached hydrogens (tertiary/aromatic N) is 6. The highest BCUT2D eigenvalue weighted by Crippen LogP contribution is 2.34. The highest BCUT2D eigenvalue weighted by atomic mass is 32.1. The van der Waals surface area contributed by atoms with Crippen molar-refractivity contribution in [3.05, 3.63) is 65.7 Å². The van der Waals surface area contributed by atoms with Gasteiger partial charge >= 0.3 is 5.97 Å². The molecular formula is C28H33FN6O3S. The molecule has 0 N–H and O–H groups in total. The Morgan fingerprint density at radius 1 is 1.26 bits per heavy atom. The molecule has 206 valence electrons. The van der Waals surface area contributed by atoms with E-state index >= 15 is 0 Å². The summed E-state index contributed by atoms with van der Waals surface area (Å²) in [5.74, 6) is -0.0643. The van der Waals surface area contributed by atoms with E-state index < -0.39 is 5.83 Å². The van der Waals surface area contributed by atoms with Gasteiger partial charge < -0.3 is 14.5 Å². The number of ether oxygens (including phenoxy) is 1. The van der Waals surface area contributed by atoms with Crippen molar-refractivity contribution in [3.63, 3.8) is 0 Å². The van der Waals surface area contributed by atoms with Crippen LogP contribution < -0.4 is 9.80 Å². The second-order valence-corrected chi connectivity index (χ2v) is 9.85. The predicted octanol–water partition coefficient (Wildman–Crippen LogP) is 4.78. The molecule has 0 unspecified atom stereocenters. The van der Waals surface area contributed by atoms with Gasteiger partial charge in [0.1, 0.15) is 17.3 Å². The van der Waals surface area contributed by atoms with Gasteiger partial charge in [0.15, 0.2) is 5.13 Å². The van der Waals surface area contributed by atoms with Crippen molar-refractivity contribution in [2.75, 3.05) is 49.6 Å².